The Labute approximate surface area is 216 Å². The monoisotopic (exact) mass is 516 g/mol. The largest absolute Gasteiger partial charge is 0.497 e. The van der Waals surface area contributed by atoms with Crippen LogP contribution in [0.1, 0.15) is 49.3 Å². The number of fused-ring (bicyclic) bond motifs is 2. The molecule has 8 nitrogen and oxygen atoms in total. The normalized spacial score (nSPS) is 14.5. The number of imide groups is 1. The van der Waals surface area contributed by atoms with Crippen molar-refractivity contribution in [3.63, 3.8) is 0 Å². The van der Waals surface area contributed by atoms with E-state index in [1.165, 1.54) is 30.7 Å². The number of aromatic nitrogens is 1. The standard InChI is InChI=1S/C28H21ClN2O6/c1-15-23(28(2,27(35)36)31-25(33)19-6-4-5-7-20(19)26(31)34)21-14-18(37-3)12-13-22(21)30(15)24(32)16-8-10-17(29)11-9-16/h4-14H,1-3H3,(H,35,36). The quantitative estimate of drug-likeness (QED) is 0.378. The molecule has 1 unspecified atom stereocenters. The van der Waals surface area contributed by atoms with Gasteiger partial charge in [-0.15, -0.1) is 0 Å². The summed E-state index contributed by atoms with van der Waals surface area (Å²) in [6, 6.07) is 17.4. The van der Waals surface area contributed by atoms with Crippen molar-refractivity contribution in [3.8, 4) is 5.75 Å². The van der Waals surface area contributed by atoms with Crippen LogP contribution in [0, 0.1) is 6.92 Å². The van der Waals surface area contributed by atoms with Crippen molar-refractivity contribution in [2.45, 2.75) is 19.4 Å². The summed E-state index contributed by atoms with van der Waals surface area (Å²) in [5.74, 6) is -2.88. The number of hydrogen-bond acceptors (Lipinski definition) is 5. The first-order valence-corrected chi connectivity index (χ1v) is 11.7. The molecule has 2 heterocycles. The van der Waals surface area contributed by atoms with Crippen LogP contribution in [0.2, 0.25) is 5.02 Å². The number of ether oxygens (including phenoxy) is 1. The molecule has 1 atom stereocenters. The zero-order valence-electron chi connectivity index (χ0n) is 20.1. The molecule has 9 heteroatoms. The molecule has 1 aromatic heterocycles. The number of nitrogens with zero attached hydrogens (tertiary/aromatic N) is 2. The van der Waals surface area contributed by atoms with Crippen LogP contribution in [-0.2, 0) is 10.3 Å². The van der Waals surface area contributed by atoms with E-state index in [4.69, 9.17) is 16.3 Å². The zero-order valence-corrected chi connectivity index (χ0v) is 20.9. The Kier molecular flexibility index (Phi) is 5.64. The second kappa shape index (κ2) is 8.60. The first kappa shape index (κ1) is 24.3. The van der Waals surface area contributed by atoms with E-state index in [1.807, 2.05) is 0 Å². The molecule has 37 heavy (non-hydrogen) atoms. The van der Waals surface area contributed by atoms with E-state index in [0.29, 0.717) is 27.2 Å². The number of rotatable bonds is 5. The lowest BCUT2D eigenvalue weighted by Crippen LogP contribution is -2.53. The Morgan fingerprint density at radius 3 is 2.08 bits per heavy atom. The highest BCUT2D eigenvalue weighted by atomic mass is 35.5. The Morgan fingerprint density at radius 2 is 1.54 bits per heavy atom. The zero-order chi connectivity index (χ0) is 26.6. The van der Waals surface area contributed by atoms with Gasteiger partial charge in [0.25, 0.3) is 17.7 Å². The number of methoxy groups -OCH3 is 1. The second-order valence-electron chi connectivity index (χ2n) is 8.86. The second-order valence-corrected chi connectivity index (χ2v) is 9.30. The van der Waals surface area contributed by atoms with Gasteiger partial charge in [0.1, 0.15) is 5.75 Å². The minimum Gasteiger partial charge on any atom is -0.497 e. The van der Waals surface area contributed by atoms with Crippen LogP contribution in [-0.4, -0.2) is 45.4 Å². The van der Waals surface area contributed by atoms with E-state index in [-0.39, 0.29) is 22.4 Å². The van der Waals surface area contributed by atoms with Gasteiger partial charge in [-0.1, -0.05) is 23.7 Å². The molecule has 1 aliphatic rings. The van der Waals surface area contributed by atoms with E-state index >= 15 is 0 Å². The average molecular weight is 517 g/mol. The molecular formula is C28H21ClN2O6. The smallest absolute Gasteiger partial charge is 0.334 e. The van der Waals surface area contributed by atoms with Crippen LogP contribution in [0.15, 0.2) is 66.7 Å². The number of carbonyl (C=O) groups excluding carboxylic acids is 3. The van der Waals surface area contributed by atoms with E-state index in [1.54, 1.807) is 61.5 Å². The SMILES string of the molecule is COc1ccc2c(c1)c(C(C)(C(=O)O)N1C(=O)c3ccccc3C1=O)c(C)n2C(=O)c1ccc(Cl)cc1. The van der Waals surface area contributed by atoms with Gasteiger partial charge in [-0.05, 0) is 68.4 Å². The maximum Gasteiger partial charge on any atom is 0.334 e. The Balaban J connectivity index is 1.81. The third kappa shape index (κ3) is 3.44. The number of hydrogen-bond donors (Lipinski definition) is 1. The molecule has 0 fully saturated rings. The van der Waals surface area contributed by atoms with Gasteiger partial charge in [0.05, 0.1) is 23.8 Å². The summed E-state index contributed by atoms with van der Waals surface area (Å²) in [4.78, 5) is 54.3. The highest BCUT2D eigenvalue weighted by Gasteiger charge is 2.54. The highest BCUT2D eigenvalue weighted by Crippen LogP contribution is 2.43. The van der Waals surface area contributed by atoms with Gasteiger partial charge in [-0.2, -0.15) is 0 Å². The van der Waals surface area contributed by atoms with Crippen molar-refractivity contribution in [3.05, 3.63) is 99.7 Å². The molecule has 0 radical (unpaired) electrons. The fourth-order valence-corrected chi connectivity index (χ4v) is 5.16. The van der Waals surface area contributed by atoms with Crippen molar-refractivity contribution in [1.82, 2.24) is 9.47 Å². The van der Waals surface area contributed by atoms with Gasteiger partial charge in [-0.25, -0.2) is 4.79 Å². The fraction of sp³-hybridized carbons (Fsp3) is 0.143. The summed E-state index contributed by atoms with van der Waals surface area (Å²) in [6.45, 7) is 2.89. The first-order chi connectivity index (χ1) is 17.6. The number of halogens is 1. The summed E-state index contributed by atoms with van der Waals surface area (Å²) >= 11 is 5.99. The Hall–Kier alpha value is -4.43. The summed E-state index contributed by atoms with van der Waals surface area (Å²) < 4.78 is 6.75. The Bertz CT molecular complexity index is 1600. The van der Waals surface area contributed by atoms with Crippen molar-refractivity contribution in [2.24, 2.45) is 0 Å². The third-order valence-electron chi connectivity index (χ3n) is 6.85. The predicted molar refractivity (Wildman–Crippen MR) is 136 cm³/mol. The van der Waals surface area contributed by atoms with Crippen molar-refractivity contribution in [2.75, 3.05) is 7.11 Å². The number of carboxylic acid groups (broad SMARTS) is 1. The lowest BCUT2D eigenvalue weighted by Gasteiger charge is -2.34. The summed E-state index contributed by atoms with van der Waals surface area (Å²) in [5, 5.41) is 11.4. The van der Waals surface area contributed by atoms with Crippen LogP contribution in [0.25, 0.3) is 10.9 Å². The van der Waals surface area contributed by atoms with Crippen molar-refractivity contribution in [1.29, 1.82) is 0 Å². The van der Waals surface area contributed by atoms with Crippen molar-refractivity contribution < 1.29 is 29.0 Å². The lowest BCUT2D eigenvalue weighted by atomic mass is 9.87. The first-order valence-electron chi connectivity index (χ1n) is 11.3. The molecule has 4 aromatic rings. The summed E-state index contributed by atoms with van der Waals surface area (Å²) in [7, 11) is 1.46. The van der Waals surface area contributed by atoms with Gasteiger partial charge < -0.3 is 9.84 Å². The van der Waals surface area contributed by atoms with Gasteiger partial charge in [0.2, 0.25) is 0 Å². The topological polar surface area (TPSA) is 106 Å². The van der Waals surface area contributed by atoms with Crippen LogP contribution in [0.5, 0.6) is 5.75 Å². The predicted octanol–water partition coefficient (Wildman–Crippen LogP) is 4.90. The molecule has 0 bridgehead atoms. The van der Waals surface area contributed by atoms with Gasteiger partial charge in [-0.3, -0.25) is 23.9 Å². The maximum atomic E-state index is 13.7. The Morgan fingerprint density at radius 1 is 0.946 bits per heavy atom. The number of amides is 2. The summed E-state index contributed by atoms with van der Waals surface area (Å²) in [6.07, 6.45) is 0. The fourth-order valence-electron chi connectivity index (χ4n) is 5.03. The van der Waals surface area contributed by atoms with Crippen LogP contribution < -0.4 is 4.74 Å². The molecule has 3 aromatic carbocycles. The highest BCUT2D eigenvalue weighted by molar-refractivity contribution is 6.30. The molecule has 5 rings (SSSR count). The molecule has 1 N–H and O–H groups in total. The molecule has 1 aliphatic heterocycles. The van der Waals surface area contributed by atoms with E-state index in [2.05, 4.69) is 0 Å². The minimum absolute atomic E-state index is 0.121. The molecule has 0 saturated heterocycles. The van der Waals surface area contributed by atoms with Crippen LogP contribution >= 0.6 is 11.6 Å². The van der Waals surface area contributed by atoms with Gasteiger partial charge >= 0.3 is 5.97 Å². The third-order valence-corrected chi connectivity index (χ3v) is 7.10. The molecule has 186 valence electrons. The number of aliphatic carboxylic acids is 1. The van der Waals surface area contributed by atoms with Crippen molar-refractivity contribution >= 4 is 46.2 Å². The van der Waals surface area contributed by atoms with Crippen LogP contribution in [0.4, 0.5) is 0 Å². The number of benzene rings is 3. The average Bonchev–Trinajstić information content (AvgIpc) is 3.33. The number of carbonyl (C=O) groups is 4. The molecule has 0 saturated carbocycles. The van der Waals surface area contributed by atoms with E-state index < -0.39 is 29.2 Å². The molecular weight excluding hydrogens is 496 g/mol. The summed E-state index contributed by atoms with van der Waals surface area (Å²) in [5.41, 5.74) is -0.780. The maximum absolute atomic E-state index is 13.7. The molecule has 0 spiro atoms. The van der Waals surface area contributed by atoms with Gasteiger partial charge in [0.15, 0.2) is 5.54 Å². The molecule has 2 amide bonds. The van der Waals surface area contributed by atoms with Crippen LogP contribution in [0.3, 0.4) is 0 Å². The van der Waals surface area contributed by atoms with Gasteiger partial charge in [0, 0.05) is 27.2 Å². The minimum atomic E-state index is -2.15. The number of carboxylic acids is 1. The van der Waals surface area contributed by atoms with E-state index in [9.17, 15) is 24.3 Å². The molecule has 0 aliphatic carbocycles. The van der Waals surface area contributed by atoms with E-state index in [0.717, 1.165) is 4.90 Å². The lowest BCUT2D eigenvalue weighted by molar-refractivity contribution is -0.148.